The van der Waals surface area contributed by atoms with Crippen molar-refractivity contribution < 1.29 is 14.3 Å². The van der Waals surface area contributed by atoms with Crippen LogP contribution in [0.5, 0.6) is 0 Å². The molecule has 1 aromatic carbocycles. The smallest absolute Gasteiger partial charge is 0.293 e. The SMILES string of the molecule is CNC(COC=O)C(C)(C)CCCCC(C)(C(=O)CBr)c1cccc(Br)c1. The number of hydrogen-bond donors (Lipinski definition) is 1. The van der Waals surface area contributed by atoms with Crippen LogP contribution in [0.4, 0.5) is 0 Å². The summed E-state index contributed by atoms with van der Waals surface area (Å²) in [7, 11) is 1.89. The molecule has 1 aromatic rings. The highest BCUT2D eigenvalue weighted by Gasteiger charge is 2.34. The van der Waals surface area contributed by atoms with Crippen molar-refractivity contribution in [3.63, 3.8) is 0 Å². The molecule has 0 aliphatic heterocycles. The van der Waals surface area contributed by atoms with E-state index in [-0.39, 0.29) is 17.2 Å². The molecule has 0 aromatic heterocycles. The van der Waals surface area contributed by atoms with Gasteiger partial charge in [-0.05, 0) is 49.9 Å². The van der Waals surface area contributed by atoms with Crippen molar-refractivity contribution in [3.05, 3.63) is 34.3 Å². The normalized spacial score (nSPS) is 15.0. The van der Waals surface area contributed by atoms with E-state index in [1.54, 1.807) is 0 Å². The first-order valence-electron chi connectivity index (χ1n) is 9.29. The van der Waals surface area contributed by atoms with Crippen molar-refractivity contribution in [2.45, 2.75) is 57.9 Å². The van der Waals surface area contributed by atoms with Crippen LogP contribution in [0.15, 0.2) is 28.7 Å². The predicted octanol–water partition coefficient (Wildman–Crippen LogP) is 5.02. The van der Waals surface area contributed by atoms with E-state index in [1.807, 2.05) is 38.2 Å². The fraction of sp³-hybridized carbons (Fsp3) is 0.619. The zero-order chi connectivity index (χ0) is 20.5. The Labute approximate surface area is 180 Å². The van der Waals surface area contributed by atoms with E-state index in [2.05, 4.69) is 51.0 Å². The molecule has 0 saturated carbocycles. The van der Waals surface area contributed by atoms with Crippen LogP contribution in [0, 0.1) is 5.41 Å². The first-order chi connectivity index (χ1) is 12.7. The molecule has 27 heavy (non-hydrogen) atoms. The number of nitrogens with one attached hydrogen (secondary N) is 1. The van der Waals surface area contributed by atoms with Crippen LogP contribution in [0.3, 0.4) is 0 Å². The lowest BCUT2D eigenvalue weighted by molar-refractivity contribution is -0.130. The zero-order valence-electron chi connectivity index (χ0n) is 16.7. The van der Waals surface area contributed by atoms with Crippen LogP contribution >= 0.6 is 31.9 Å². The summed E-state index contributed by atoms with van der Waals surface area (Å²) < 4.78 is 5.94. The summed E-state index contributed by atoms with van der Waals surface area (Å²) in [5.74, 6) is 0.201. The van der Waals surface area contributed by atoms with Gasteiger partial charge in [0.05, 0.1) is 10.7 Å². The largest absolute Gasteiger partial charge is 0.466 e. The summed E-state index contributed by atoms with van der Waals surface area (Å²) in [4.78, 5) is 23.2. The molecule has 0 aliphatic rings. The molecule has 0 amide bonds. The maximum atomic E-state index is 12.7. The molecule has 4 nitrogen and oxygen atoms in total. The van der Waals surface area contributed by atoms with Gasteiger partial charge in [-0.2, -0.15) is 0 Å². The number of carbonyl (C=O) groups is 2. The number of ketones is 1. The van der Waals surface area contributed by atoms with Crippen LogP contribution < -0.4 is 5.32 Å². The Morgan fingerprint density at radius 3 is 2.48 bits per heavy atom. The number of ether oxygens (including phenoxy) is 1. The molecular weight excluding hydrogens is 474 g/mol. The van der Waals surface area contributed by atoms with Crippen LogP contribution in [0.25, 0.3) is 0 Å². The third-order valence-electron chi connectivity index (χ3n) is 5.57. The average molecular weight is 505 g/mol. The van der Waals surface area contributed by atoms with Gasteiger partial charge in [0.1, 0.15) is 6.61 Å². The van der Waals surface area contributed by atoms with E-state index in [0.717, 1.165) is 35.7 Å². The number of hydrogen-bond acceptors (Lipinski definition) is 4. The Bertz CT molecular complexity index is 621. The minimum atomic E-state index is -0.500. The second-order valence-corrected chi connectivity index (χ2v) is 9.34. The zero-order valence-corrected chi connectivity index (χ0v) is 19.9. The Morgan fingerprint density at radius 1 is 1.26 bits per heavy atom. The van der Waals surface area contributed by atoms with Gasteiger partial charge in [-0.1, -0.05) is 70.7 Å². The lowest BCUT2D eigenvalue weighted by Crippen LogP contribution is -2.43. The predicted molar refractivity (Wildman–Crippen MR) is 117 cm³/mol. The molecule has 0 fully saturated rings. The molecule has 152 valence electrons. The Morgan fingerprint density at radius 2 is 1.93 bits per heavy atom. The fourth-order valence-electron chi connectivity index (χ4n) is 3.49. The van der Waals surface area contributed by atoms with Gasteiger partial charge in [-0.25, -0.2) is 0 Å². The van der Waals surface area contributed by atoms with E-state index in [9.17, 15) is 9.59 Å². The van der Waals surface area contributed by atoms with Gasteiger partial charge in [0.15, 0.2) is 5.78 Å². The van der Waals surface area contributed by atoms with E-state index in [4.69, 9.17) is 4.74 Å². The highest BCUT2D eigenvalue weighted by Crippen LogP contribution is 2.35. The van der Waals surface area contributed by atoms with Gasteiger partial charge in [0, 0.05) is 10.5 Å². The number of benzene rings is 1. The van der Waals surface area contributed by atoms with Crippen LogP contribution in [0.2, 0.25) is 0 Å². The molecule has 1 rings (SSSR count). The molecule has 1 N–H and O–H groups in total. The van der Waals surface area contributed by atoms with Crippen molar-refractivity contribution in [3.8, 4) is 0 Å². The quantitative estimate of drug-likeness (QED) is 0.233. The molecule has 2 unspecified atom stereocenters. The van der Waals surface area contributed by atoms with Gasteiger partial charge in [0.25, 0.3) is 6.47 Å². The topological polar surface area (TPSA) is 55.4 Å². The Kier molecular flexibility index (Phi) is 10.2. The molecule has 0 bridgehead atoms. The Balaban J connectivity index is 2.74. The number of alkyl halides is 1. The average Bonchev–Trinajstić information content (AvgIpc) is 2.64. The molecule has 0 saturated heterocycles. The minimum absolute atomic E-state index is 0.0105. The summed E-state index contributed by atoms with van der Waals surface area (Å²) in [5.41, 5.74) is 0.539. The molecule has 0 spiro atoms. The second-order valence-electron chi connectivity index (χ2n) is 7.87. The van der Waals surface area contributed by atoms with E-state index >= 15 is 0 Å². The van der Waals surface area contributed by atoms with Crippen LogP contribution in [-0.2, 0) is 19.7 Å². The number of likely N-dealkylation sites (N-methyl/N-ethyl adjacent to an activating group) is 1. The highest BCUT2D eigenvalue weighted by atomic mass is 79.9. The molecule has 0 aliphatic carbocycles. The van der Waals surface area contributed by atoms with Gasteiger partial charge < -0.3 is 10.1 Å². The molecular formula is C21H31Br2NO3. The Hall–Kier alpha value is -0.720. The van der Waals surface area contributed by atoms with Crippen molar-refractivity contribution in [1.82, 2.24) is 5.32 Å². The van der Waals surface area contributed by atoms with Gasteiger partial charge in [-0.15, -0.1) is 0 Å². The fourth-order valence-corrected chi connectivity index (χ4v) is 4.51. The number of unbranched alkanes of at least 4 members (excludes halogenated alkanes) is 1. The first-order valence-corrected chi connectivity index (χ1v) is 11.2. The van der Waals surface area contributed by atoms with Crippen molar-refractivity contribution in [1.29, 1.82) is 0 Å². The minimum Gasteiger partial charge on any atom is -0.466 e. The van der Waals surface area contributed by atoms with Crippen molar-refractivity contribution in [2.75, 3.05) is 19.0 Å². The van der Waals surface area contributed by atoms with Crippen molar-refractivity contribution >= 4 is 44.1 Å². The summed E-state index contributed by atoms with van der Waals surface area (Å²) in [6, 6.07) is 8.13. The third-order valence-corrected chi connectivity index (χ3v) is 6.57. The third kappa shape index (κ3) is 6.99. The summed E-state index contributed by atoms with van der Waals surface area (Å²) in [6.45, 7) is 7.26. The number of rotatable bonds is 13. The maximum absolute atomic E-state index is 12.7. The van der Waals surface area contributed by atoms with Gasteiger partial charge >= 0.3 is 0 Å². The van der Waals surface area contributed by atoms with Gasteiger partial charge in [-0.3, -0.25) is 9.59 Å². The molecule has 0 heterocycles. The summed E-state index contributed by atoms with van der Waals surface area (Å²) >= 11 is 6.86. The summed E-state index contributed by atoms with van der Waals surface area (Å²) in [5, 5.41) is 3.60. The first kappa shape index (κ1) is 24.3. The number of Topliss-reactive ketones (excluding diaryl/α,β-unsaturated/α-hetero) is 1. The standard InChI is InChI=1S/C21H31Br2NO3/c1-20(2,18(24-4)14-27-15-25)10-5-6-11-21(3,19(26)13-22)16-8-7-9-17(23)12-16/h7-9,12,15,18,24H,5-6,10-11,13-14H2,1-4H3. The highest BCUT2D eigenvalue weighted by molar-refractivity contribution is 9.10. The maximum Gasteiger partial charge on any atom is 0.293 e. The van der Waals surface area contributed by atoms with Crippen molar-refractivity contribution in [2.24, 2.45) is 5.41 Å². The lowest BCUT2D eigenvalue weighted by Gasteiger charge is -2.34. The summed E-state index contributed by atoms with van der Waals surface area (Å²) in [6.07, 6.45) is 3.75. The van der Waals surface area contributed by atoms with E-state index in [0.29, 0.717) is 18.4 Å². The van der Waals surface area contributed by atoms with E-state index in [1.165, 1.54) is 0 Å². The molecule has 6 heteroatoms. The monoisotopic (exact) mass is 503 g/mol. The van der Waals surface area contributed by atoms with Crippen LogP contribution in [-0.4, -0.2) is 37.3 Å². The molecule has 0 radical (unpaired) electrons. The lowest BCUT2D eigenvalue weighted by atomic mass is 9.74. The number of halogens is 2. The van der Waals surface area contributed by atoms with Crippen LogP contribution in [0.1, 0.15) is 52.0 Å². The van der Waals surface area contributed by atoms with E-state index < -0.39 is 5.41 Å². The second kappa shape index (κ2) is 11.3. The van der Waals surface area contributed by atoms with Gasteiger partial charge in [0.2, 0.25) is 0 Å². The number of carbonyl (C=O) groups excluding carboxylic acids is 2. The molecule has 2 atom stereocenters.